The third kappa shape index (κ3) is 2.55. The maximum absolute atomic E-state index is 13.2. The quantitative estimate of drug-likeness (QED) is 0.821. The molecule has 2 rings (SSSR count). The van der Waals surface area contributed by atoms with E-state index < -0.39 is 5.82 Å². The molecule has 0 aliphatic rings. The molecule has 88 valence electrons. The average Bonchev–Trinajstić information content (AvgIpc) is 2.30. The van der Waals surface area contributed by atoms with Crippen molar-refractivity contribution in [1.82, 2.24) is 0 Å². The van der Waals surface area contributed by atoms with Crippen molar-refractivity contribution < 1.29 is 8.78 Å². The highest BCUT2D eigenvalue weighted by Crippen LogP contribution is 2.30. The Bertz CT molecular complexity index is 558. The molecule has 0 spiro atoms. The number of rotatable bonds is 2. The second-order valence-corrected chi connectivity index (χ2v) is 4.30. The number of nitrogen functional groups attached to an aromatic ring is 1. The normalized spacial score (nSPS) is 10.3. The first-order chi connectivity index (χ1) is 8.08. The van der Waals surface area contributed by atoms with E-state index in [1.54, 1.807) is 12.1 Å². The summed E-state index contributed by atoms with van der Waals surface area (Å²) in [4.78, 5) is 0. The van der Waals surface area contributed by atoms with Gasteiger partial charge in [-0.2, -0.15) is 0 Å². The van der Waals surface area contributed by atoms with E-state index in [4.69, 9.17) is 5.73 Å². The van der Waals surface area contributed by atoms with Gasteiger partial charge in [0.2, 0.25) is 0 Å². The molecule has 0 amide bonds. The van der Waals surface area contributed by atoms with Gasteiger partial charge in [0.15, 0.2) is 0 Å². The fraction of sp³-hybridized carbons (Fsp3) is 0. The molecular weight excluding hydrogens is 290 g/mol. The smallest absolute Gasteiger partial charge is 0.148 e. The summed E-state index contributed by atoms with van der Waals surface area (Å²) in [6.07, 6.45) is 0. The predicted molar refractivity (Wildman–Crippen MR) is 68.2 cm³/mol. The number of halogens is 3. The number of para-hydroxylation sites is 1. The lowest BCUT2D eigenvalue weighted by atomic mass is 10.2. The molecule has 17 heavy (non-hydrogen) atoms. The molecule has 0 radical (unpaired) electrons. The van der Waals surface area contributed by atoms with Crippen molar-refractivity contribution in [2.45, 2.75) is 0 Å². The number of anilines is 3. The third-order valence-corrected chi connectivity index (χ3v) is 2.94. The molecule has 0 atom stereocenters. The van der Waals surface area contributed by atoms with Crippen molar-refractivity contribution in [2.75, 3.05) is 11.1 Å². The maximum atomic E-state index is 13.2. The lowest BCUT2D eigenvalue weighted by Crippen LogP contribution is -1.99. The Morgan fingerprint density at radius 2 is 1.82 bits per heavy atom. The summed E-state index contributed by atoms with van der Waals surface area (Å²) >= 11 is 3.27. The SMILES string of the molecule is Nc1c(F)cccc1Nc1cc(F)ccc1Br. The predicted octanol–water partition coefficient (Wildman–Crippen LogP) is 4.05. The molecular formula is C12H9BrF2N2. The van der Waals surface area contributed by atoms with Crippen molar-refractivity contribution in [1.29, 1.82) is 0 Å². The van der Waals surface area contributed by atoms with Crippen LogP contribution in [0.2, 0.25) is 0 Å². The van der Waals surface area contributed by atoms with Crippen molar-refractivity contribution in [3.8, 4) is 0 Å². The number of hydrogen-bond acceptors (Lipinski definition) is 2. The van der Waals surface area contributed by atoms with Crippen LogP contribution in [0.3, 0.4) is 0 Å². The number of benzene rings is 2. The Hall–Kier alpha value is -1.62. The Morgan fingerprint density at radius 3 is 2.59 bits per heavy atom. The molecule has 0 unspecified atom stereocenters. The minimum absolute atomic E-state index is 0.00339. The average molecular weight is 299 g/mol. The monoisotopic (exact) mass is 298 g/mol. The fourth-order valence-corrected chi connectivity index (χ4v) is 1.73. The van der Waals surface area contributed by atoms with E-state index >= 15 is 0 Å². The van der Waals surface area contributed by atoms with E-state index in [1.165, 1.54) is 24.3 Å². The molecule has 3 N–H and O–H groups in total. The summed E-state index contributed by atoms with van der Waals surface area (Å²) in [6, 6.07) is 8.60. The first-order valence-electron chi connectivity index (χ1n) is 4.84. The van der Waals surface area contributed by atoms with Gasteiger partial charge in [-0.15, -0.1) is 0 Å². The van der Waals surface area contributed by atoms with Crippen LogP contribution in [-0.4, -0.2) is 0 Å². The summed E-state index contributed by atoms with van der Waals surface area (Å²) < 4.78 is 26.9. The zero-order chi connectivity index (χ0) is 12.4. The highest BCUT2D eigenvalue weighted by atomic mass is 79.9. The lowest BCUT2D eigenvalue weighted by Gasteiger charge is -2.11. The standard InChI is InChI=1S/C12H9BrF2N2/c13-8-5-4-7(14)6-11(8)17-10-3-1-2-9(15)12(10)16/h1-6,17H,16H2. The Kier molecular flexibility index (Phi) is 3.28. The van der Waals surface area contributed by atoms with E-state index in [9.17, 15) is 8.78 Å². The van der Waals surface area contributed by atoms with E-state index in [0.29, 0.717) is 15.8 Å². The van der Waals surface area contributed by atoms with Gasteiger partial charge in [-0.25, -0.2) is 8.78 Å². The second kappa shape index (κ2) is 4.71. The number of nitrogens with one attached hydrogen (secondary N) is 1. The van der Waals surface area contributed by atoms with Gasteiger partial charge < -0.3 is 11.1 Å². The number of nitrogens with two attached hydrogens (primary N) is 1. The zero-order valence-electron chi connectivity index (χ0n) is 8.68. The van der Waals surface area contributed by atoms with Gasteiger partial charge in [-0.3, -0.25) is 0 Å². The van der Waals surface area contributed by atoms with Crippen molar-refractivity contribution in [3.05, 3.63) is 52.5 Å². The molecule has 2 nitrogen and oxygen atoms in total. The largest absolute Gasteiger partial charge is 0.395 e. The molecule has 2 aromatic carbocycles. The minimum Gasteiger partial charge on any atom is -0.395 e. The molecule has 2 aromatic rings. The Labute approximate surface area is 106 Å². The summed E-state index contributed by atoms with van der Waals surface area (Å²) in [5.41, 5.74) is 6.46. The van der Waals surface area contributed by atoms with Crippen LogP contribution < -0.4 is 11.1 Å². The Morgan fingerprint density at radius 1 is 1.06 bits per heavy atom. The summed E-state index contributed by atoms with van der Waals surface area (Å²) in [5, 5.41) is 2.87. The molecule has 0 aliphatic carbocycles. The van der Waals surface area contributed by atoms with Gasteiger partial charge in [0.1, 0.15) is 11.6 Å². The van der Waals surface area contributed by atoms with Crippen molar-refractivity contribution in [3.63, 3.8) is 0 Å². The van der Waals surface area contributed by atoms with Crippen LogP contribution in [0.4, 0.5) is 25.8 Å². The summed E-state index contributed by atoms with van der Waals surface area (Å²) in [6.45, 7) is 0. The van der Waals surface area contributed by atoms with Crippen molar-refractivity contribution in [2.24, 2.45) is 0 Å². The van der Waals surface area contributed by atoms with Gasteiger partial charge in [-0.05, 0) is 46.3 Å². The zero-order valence-corrected chi connectivity index (χ0v) is 10.3. The minimum atomic E-state index is -0.512. The van der Waals surface area contributed by atoms with Crippen LogP contribution in [-0.2, 0) is 0 Å². The van der Waals surface area contributed by atoms with Gasteiger partial charge in [0, 0.05) is 4.47 Å². The summed E-state index contributed by atoms with van der Waals surface area (Å²) in [5.74, 6) is -0.895. The van der Waals surface area contributed by atoms with Crippen LogP contribution in [0, 0.1) is 11.6 Å². The lowest BCUT2D eigenvalue weighted by molar-refractivity contribution is 0.628. The van der Waals surface area contributed by atoms with E-state index in [-0.39, 0.29) is 11.5 Å². The molecule has 0 saturated heterocycles. The van der Waals surface area contributed by atoms with Gasteiger partial charge in [0.05, 0.1) is 17.1 Å². The highest BCUT2D eigenvalue weighted by Gasteiger charge is 2.07. The Balaban J connectivity index is 2.38. The molecule has 0 aromatic heterocycles. The molecule has 5 heteroatoms. The molecule has 0 saturated carbocycles. The van der Waals surface area contributed by atoms with Crippen LogP contribution in [0.15, 0.2) is 40.9 Å². The van der Waals surface area contributed by atoms with Crippen LogP contribution in [0.5, 0.6) is 0 Å². The number of hydrogen-bond donors (Lipinski definition) is 2. The van der Waals surface area contributed by atoms with Gasteiger partial charge in [-0.1, -0.05) is 6.07 Å². The molecule has 0 aliphatic heterocycles. The van der Waals surface area contributed by atoms with E-state index in [2.05, 4.69) is 21.2 Å². The van der Waals surface area contributed by atoms with Gasteiger partial charge >= 0.3 is 0 Å². The first kappa shape index (κ1) is 11.9. The molecule has 0 bridgehead atoms. The fourth-order valence-electron chi connectivity index (χ4n) is 1.38. The summed E-state index contributed by atoms with van der Waals surface area (Å²) in [7, 11) is 0. The van der Waals surface area contributed by atoms with E-state index in [1.807, 2.05) is 0 Å². The van der Waals surface area contributed by atoms with Crippen LogP contribution in [0.1, 0.15) is 0 Å². The molecule has 0 heterocycles. The van der Waals surface area contributed by atoms with Gasteiger partial charge in [0.25, 0.3) is 0 Å². The maximum Gasteiger partial charge on any atom is 0.148 e. The first-order valence-corrected chi connectivity index (χ1v) is 5.63. The molecule has 0 fully saturated rings. The van der Waals surface area contributed by atoms with E-state index in [0.717, 1.165) is 0 Å². The topological polar surface area (TPSA) is 38.0 Å². The van der Waals surface area contributed by atoms with Crippen LogP contribution in [0.25, 0.3) is 0 Å². The van der Waals surface area contributed by atoms with Crippen LogP contribution >= 0.6 is 15.9 Å². The second-order valence-electron chi connectivity index (χ2n) is 3.45. The van der Waals surface area contributed by atoms with Crippen molar-refractivity contribution >= 4 is 33.0 Å². The highest BCUT2D eigenvalue weighted by molar-refractivity contribution is 9.10. The third-order valence-electron chi connectivity index (χ3n) is 2.25.